The fourth-order valence-electron chi connectivity index (χ4n) is 2.71. The van der Waals surface area contributed by atoms with Crippen LogP contribution in [0.5, 0.6) is 0 Å². The van der Waals surface area contributed by atoms with E-state index in [-0.39, 0.29) is 0 Å². The lowest BCUT2D eigenvalue weighted by atomic mass is 9.94. The van der Waals surface area contributed by atoms with Crippen molar-refractivity contribution in [2.45, 2.75) is 45.1 Å². The second kappa shape index (κ2) is 6.53. The van der Waals surface area contributed by atoms with Gasteiger partial charge in [-0.25, -0.2) is 0 Å². The maximum absolute atomic E-state index is 3.71. The molecule has 0 heterocycles. The van der Waals surface area contributed by atoms with Crippen LogP contribution in [0.15, 0.2) is 34.3 Å². The Kier molecular flexibility index (Phi) is 5.02. The highest BCUT2D eigenvalue weighted by Crippen LogP contribution is 2.33. The molecule has 0 bridgehead atoms. The number of benzene rings is 1. The van der Waals surface area contributed by atoms with Gasteiger partial charge in [-0.05, 0) is 56.8 Å². The number of aryl methyl sites for hydroxylation is 1. The highest BCUT2D eigenvalue weighted by molar-refractivity contribution is 9.10. The van der Waals surface area contributed by atoms with Gasteiger partial charge >= 0.3 is 0 Å². The van der Waals surface area contributed by atoms with Crippen LogP contribution in [0.3, 0.4) is 0 Å². The predicted octanol–water partition coefficient (Wildman–Crippen LogP) is 4.91. The van der Waals surface area contributed by atoms with Crippen LogP contribution in [0.2, 0.25) is 0 Å². The lowest BCUT2D eigenvalue weighted by molar-refractivity contribution is 0.627. The van der Waals surface area contributed by atoms with Gasteiger partial charge in [0.15, 0.2) is 0 Å². The summed E-state index contributed by atoms with van der Waals surface area (Å²) in [4.78, 5) is 0. The molecule has 0 radical (unpaired) electrons. The number of hydrogen-bond donors (Lipinski definition) is 1. The van der Waals surface area contributed by atoms with E-state index in [0.29, 0.717) is 6.04 Å². The first kappa shape index (κ1) is 13.8. The van der Waals surface area contributed by atoms with Crippen molar-refractivity contribution in [1.82, 2.24) is 5.32 Å². The first-order valence-electron chi connectivity index (χ1n) is 6.84. The van der Waals surface area contributed by atoms with Crippen LogP contribution in [0.1, 0.15) is 49.3 Å². The molecule has 1 N–H and O–H groups in total. The van der Waals surface area contributed by atoms with E-state index in [1.165, 1.54) is 47.7 Å². The first-order chi connectivity index (χ1) is 8.72. The van der Waals surface area contributed by atoms with Crippen LogP contribution in [-0.2, 0) is 0 Å². The smallest absolute Gasteiger partial charge is 0.0544 e. The van der Waals surface area contributed by atoms with E-state index in [4.69, 9.17) is 0 Å². The molecule has 0 amide bonds. The molecular weight excluding hydrogens is 286 g/mol. The van der Waals surface area contributed by atoms with Gasteiger partial charge in [0.2, 0.25) is 0 Å². The molecule has 1 nitrogen and oxygen atoms in total. The Morgan fingerprint density at radius 2 is 2.06 bits per heavy atom. The average Bonchev–Trinajstić information content (AvgIpc) is 2.62. The van der Waals surface area contributed by atoms with Gasteiger partial charge in [-0.2, -0.15) is 0 Å². The monoisotopic (exact) mass is 307 g/mol. The van der Waals surface area contributed by atoms with Gasteiger partial charge in [-0.3, -0.25) is 0 Å². The Hall–Kier alpha value is -0.600. The molecule has 0 fully saturated rings. The average molecular weight is 308 g/mol. The van der Waals surface area contributed by atoms with Crippen LogP contribution in [0.4, 0.5) is 0 Å². The van der Waals surface area contributed by atoms with Crippen molar-refractivity contribution >= 4 is 15.9 Å². The molecule has 0 aromatic heterocycles. The molecule has 1 aromatic carbocycles. The quantitative estimate of drug-likeness (QED) is 0.782. The van der Waals surface area contributed by atoms with Gasteiger partial charge in [0.25, 0.3) is 0 Å². The van der Waals surface area contributed by atoms with E-state index in [9.17, 15) is 0 Å². The fraction of sp³-hybridized carbons (Fsp3) is 0.500. The third-order valence-electron chi connectivity index (χ3n) is 3.70. The zero-order chi connectivity index (χ0) is 13.0. The van der Waals surface area contributed by atoms with Gasteiger partial charge in [-0.1, -0.05) is 46.1 Å². The highest BCUT2D eigenvalue weighted by atomic mass is 79.9. The molecule has 0 spiro atoms. The SMILES string of the molecule is CNC(C1=CCCCCC1)c1ccc(C)cc1Br. The molecular formula is C16H22BrN. The summed E-state index contributed by atoms with van der Waals surface area (Å²) in [5.74, 6) is 0. The predicted molar refractivity (Wildman–Crippen MR) is 81.8 cm³/mol. The van der Waals surface area contributed by atoms with Crippen molar-refractivity contribution in [1.29, 1.82) is 0 Å². The van der Waals surface area contributed by atoms with E-state index in [2.05, 4.69) is 59.5 Å². The van der Waals surface area contributed by atoms with Crippen molar-refractivity contribution in [2.24, 2.45) is 0 Å². The van der Waals surface area contributed by atoms with Gasteiger partial charge < -0.3 is 5.32 Å². The minimum atomic E-state index is 0.359. The lowest BCUT2D eigenvalue weighted by Gasteiger charge is -2.21. The summed E-state index contributed by atoms with van der Waals surface area (Å²) in [6, 6.07) is 7.00. The van der Waals surface area contributed by atoms with Crippen molar-refractivity contribution in [2.75, 3.05) is 7.05 Å². The van der Waals surface area contributed by atoms with Gasteiger partial charge in [0.1, 0.15) is 0 Å². The number of rotatable bonds is 3. The van der Waals surface area contributed by atoms with Gasteiger partial charge in [0.05, 0.1) is 6.04 Å². The van der Waals surface area contributed by atoms with E-state index in [0.717, 1.165) is 0 Å². The molecule has 2 rings (SSSR count). The molecule has 1 aliphatic carbocycles. The van der Waals surface area contributed by atoms with Crippen LogP contribution >= 0.6 is 15.9 Å². The van der Waals surface area contributed by atoms with E-state index < -0.39 is 0 Å². The normalized spacial score (nSPS) is 18.1. The number of halogens is 1. The molecule has 2 heteroatoms. The Morgan fingerprint density at radius 1 is 1.22 bits per heavy atom. The maximum Gasteiger partial charge on any atom is 0.0544 e. The third kappa shape index (κ3) is 3.24. The minimum Gasteiger partial charge on any atom is -0.310 e. The summed E-state index contributed by atoms with van der Waals surface area (Å²) in [6.45, 7) is 2.13. The molecule has 1 aliphatic rings. The van der Waals surface area contributed by atoms with Crippen LogP contribution in [0.25, 0.3) is 0 Å². The van der Waals surface area contributed by atoms with E-state index >= 15 is 0 Å². The Bertz CT molecular complexity index is 437. The first-order valence-corrected chi connectivity index (χ1v) is 7.64. The maximum atomic E-state index is 3.71. The molecule has 0 saturated carbocycles. The van der Waals surface area contributed by atoms with Crippen LogP contribution in [0, 0.1) is 6.92 Å². The standard InChI is InChI=1S/C16H22BrN/c1-12-9-10-14(15(17)11-12)16(18-2)13-7-5-3-4-6-8-13/h7,9-11,16,18H,3-6,8H2,1-2H3. The van der Waals surface area contributed by atoms with Crippen molar-refractivity contribution in [3.05, 3.63) is 45.4 Å². The summed E-state index contributed by atoms with van der Waals surface area (Å²) in [6.07, 6.45) is 8.94. The summed E-state index contributed by atoms with van der Waals surface area (Å²) in [5, 5.41) is 3.48. The second-order valence-corrected chi connectivity index (χ2v) is 5.98. The molecule has 98 valence electrons. The zero-order valence-electron chi connectivity index (χ0n) is 11.3. The molecule has 0 saturated heterocycles. The lowest BCUT2D eigenvalue weighted by Crippen LogP contribution is -2.19. The third-order valence-corrected chi connectivity index (χ3v) is 4.39. The van der Waals surface area contributed by atoms with Crippen molar-refractivity contribution in [3.63, 3.8) is 0 Å². The van der Waals surface area contributed by atoms with Crippen molar-refractivity contribution < 1.29 is 0 Å². The number of likely N-dealkylation sites (N-methyl/N-ethyl adjacent to an activating group) is 1. The molecule has 18 heavy (non-hydrogen) atoms. The van der Waals surface area contributed by atoms with Crippen LogP contribution in [-0.4, -0.2) is 7.05 Å². The van der Waals surface area contributed by atoms with E-state index in [1.807, 2.05) is 0 Å². The topological polar surface area (TPSA) is 12.0 Å². The number of nitrogens with one attached hydrogen (secondary N) is 1. The summed E-state index contributed by atoms with van der Waals surface area (Å²) in [7, 11) is 2.06. The Labute approximate surface area is 119 Å². The molecule has 1 atom stereocenters. The highest BCUT2D eigenvalue weighted by Gasteiger charge is 2.18. The minimum absolute atomic E-state index is 0.359. The van der Waals surface area contributed by atoms with Gasteiger partial charge in [-0.15, -0.1) is 0 Å². The Morgan fingerprint density at radius 3 is 2.78 bits per heavy atom. The number of hydrogen-bond acceptors (Lipinski definition) is 1. The number of allylic oxidation sites excluding steroid dienone is 1. The molecule has 1 unspecified atom stereocenters. The fourth-order valence-corrected chi connectivity index (χ4v) is 3.43. The van der Waals surface area contributed by atoms with Gasteiger partial charge in [0, 0.05) is 4.47 Å². The largest absolute Gasteiger partial charge is 0.310 e. The zero-order valence-corrected chi connectivity index (χ0v) is 12.9. The summed E-state index contributed by atoms with van der Waals surface area (Å²) in [5.41, 5.74) is 4.21. The van der Waals surface area contributed by atoms with Crippen molar-refractivity contribution in [3.8, 4) is 0 Å². The molecule has 1 aromatic rings. The molecule has 0 aliphatic heterocycles. The Balaban J connectivity index is 2.29. The van der Waals surface area contributed by atoms with E-state index in [1.54, 1.807) is 5.57 Å². The second-order valence-electron chi connectivity index (χ2n) is 5.13. The summed E-state index contributed by atoms with van der Waals surface area (Å²) >= 11 is 3.71. The summed E-state index contributed by atoms with van der Waals surface area (Å²) < 4.78 is 1.21. The van der Waals surface area contributed by atoms with Crippen LogP contribution < -0.4 is 5.32 Å².